The minimum atomic E-state index is -0.622. The molecule has 0 saturated carbocycles. The van der Waals surface area contributed by atoms with Gasteiger partial charge < -0.3 is 10.6 Å². The fourth-order valence-corrected chi connectivity index (χ4v) is 2.24. The summed E-state index contributed by atoms with van der Waals surface area (Å²) in [5, 5.41) is 0. The van der Waals surface area contributed by atoms with Crippen LogP contribution in [0.2, 0.25) is 0 Å². The van der Waals surface area contributed by atoms with Crippen LogP contribution in [0.25, 0.3) is 0 Å². The Kier molecular flexibility index (Phi) is 4.85. The average Bonchev–Trinajstić information content (AvgIpc) is 2.41. The molecule has 5 heteroatoms. The summed E-state index contributed by atoms with van der Waals surface area (Å²) in [6.07, 6.45) is 0.426. The molecule has 0 bridgehead atoms. The summed E-state index contributed by atoms with van der Waals surface area (Å²) < 4.78 is 41.0. The van der Waals surface area contributed by atoms with E-state index in [0.29, 0.717) is 18.5 Å². The smallest absolute Gasteiger partial charge is 0.149 e. The van der Waals surface area contributed by atoms with Crippen molar-refractivity contribution in [2.24, 2.45) is 5.73 Å². The maximum absolute atomic E-state index is 14.1. The second-order valence-corrected chi connectivity index (χ2v) is 4.93. The standard InChI is InChI=1S/C16H17F3N2/c1-21(10-11-2-4-13(17)5-3-11)16-14(18)8-12(6-7-20)9-15(16)19/h2-5,8-9H,6-7,10,20H2,1H3. The first-order valence-corrected chi connectivity index (χ1v) is 6.65. The maximum Gasteiger partial charge on any atom is 0.149 e. The van der Waals surface area contributed by atoms with Crippen molar-refractivity contribution in [2.75, 3.05) is 18.5 Å². The first kappa shape index (κ1) is 15.4. The number of nitrogens with zero attached hydrogens (tertiary/aromatic N) is 1. The van der Waals surface area contributed by atoms with E-state index in [0.717, 1.165) is 5.56 Å². The summed E-state index contributed by atoms with van der Waals surface area (Å²) in [6.45, 7) is 0.619. The lowest BCUT2D eigenvalue weighted by atomic mass is 10.1. The van der Waals surface area contributed by atoms with Crippen LogP contribution in [0.4, 0.5) is 18.9 Å². The van der Waals surface area contributed by atoms with Crippen LogP contribution < -0.4 is 10.6 Å². The lowest BCUT2D eigenvalue weighted by molar-refractivity contribution is 0.573. The van der Waals surface area contributed by atoms with Gasteiger partial charge in [0.15, 0.2) is 0 Å². The van der Waals surface area contributed by atoms with Crippen LogP contribution >= 0.6 is 0 Å². The molecule has 0 spiro atoms. The zero-order chi connectivity index (χ0) is 15.4. The Balaban J connectivity index is 2.22. The van der Waals surface area contributed by atoms with E-state index in [4.69, 9.17) is 5.73 Å². The zero-order valence-corrected chi connectivity index (χ0v) is 11.7. The van der Waals surface area contributed by atoms with E-state index in [1.807, 2.05) is 0 Å². The van der Waals surface area contributed by atoms with E-state index in [1.54, 1.807) is 19.2 Å². The zero-order valence-electron chi connectivity index (χ0n) is 11.7. The van der Waals surface area contributed by atoms with Crippen molar-refractivity contribution in [3.05, 3.63) is 65.0 Å². The lowest BCUT2D eigenvalue weighted by Crippen LogP contribution is -2.19. The van der Waals surface area contributed by atoms with Crippen LogP contribution in [0.15, 0.2) is 36.4 Å². The van der Waals surface area contributed by atoms with E-state index < -0.39 is 11.6 Å². The Morgan fingerprint density at radius 2 is 1.52 bits per heavy atom. The molecular formula is C16H17F3N2. The van der Waals surface area contributed by atoms with Gasteiger partial charge in [0.1, 0.15) is 23.1 Å². The molecule has 0 atom stereocenters. The molecule has 2 aromatic carbocycles. The van der Waals surface area contributed by atoms with Crippen molar-refractivity contribution < 1.29 is 13.2 Å². The van der Waals surface area contributed by atoms with Crippen molar-refractivity contribution in [2.45, 2.75) is 13.0 Å². The molecule has 2 nitrogen and oxygen atoms in total. The van der Waals surface area contributed by atoms with E-state index in [2.05, 4.69) is 0 Å². The summed E-state index contributed by atoms with van der Waals surface area (Å²) in [5.41, 5.74) is 6.59. The molecule has 2 N–H and O–H groups in total. The summed E-state index contributed by atoms with van der Waals surface area (Å²) in [4.78, 5) is 1.46. The number of hydrogen-bond donors (Lipinski definition) is 1. The van der Waals surface area contributed by atoms with Gasteiger partial charge in [-0.1, -0.05) is 12.1 Å². The summed E-state index contributed by atoms with van der Waals surface area (Å²) in [7, 11) is 1.59. The molecule has 0 radical (unpaired) electrons. The van der Waals surface area contributed by atoms with Gasteiger partial charge in [-0.3, -0.25) is 0 Å². The molecule has 112 valence electrons. The van der Waals surface area contributed by atoms with Gasteiger partial charge in [-0.05, 0) is 48.4 Å². The summed E-state index contributed by atoms with van der Waals surface area (Å²) in [5.74, 6) is -1.59. The van der Waals surface area contributed by atoms with Gasteiger partial charge in [0.2, 0.25) is 0 Å². The van der Waals surface area contributed by atoms with Crippen LogP contribution in [-0.2, 0) is 13.0 Å². The SMILES string of the molecule is CN(Cc1ccc(F)cc1)c1c(F)cc(CCN)cc1F. The fraction of sp³-hybridized carbons (Fsp3) is 0.250. The van der Waals surface area contributed by atoms with Crippen molar-refractivity contribution >= 4 is 5.69 Å². The molecule has 0 aliphatic heterocycles. The van der Waals surface area contributed by atoms with Crippen molar-refractivity contribution in [1.82, 2.24) is 0 Å². The predicted octanol–water partition coefficient (Wildman–Crippen LogP) is 3.24. The second kappa shape index (κ2) is 6.63. The van der Waals surface area contributed by atoms with E-state index in [9.17, 15) is 13.2 Å². The molecule has 2 aromatic rings. The van der Waals surface area contributed by atoms with Gasteiger partial charge in [0.25, 0.3) is 0 Å². The Hall–Kier alpha value is -2.01. The monoisotopic (exact) mass is 294 g/mol. The minimum absolute atomic E-state index is 0.0971. The number of rotatable bonds is 5. The highest BCUT2D eigenvalue weighted by Crippen LogP contribution is 2.25. The van der Waals surface area contributed by atoms with Crippen LogP contribution in [0, 0.1) is 17.5 Å². The fourth-order valence-electron chi connectivity index (χ4n) is 2.24. The molecule has 0 aromatic heterocycles. The third kappa shape index (κ3) is 3.76. The molecule has 0 fully saturated rings. The third-order valence-electron chi connectivity index (χ3n) is 3.22. The van der Waals surface area contributed by atoms with Gasteiger partial charge in [-0.25, -0.2) is 13.2 Å². The van der Waals surface area contributed by atoms with Crippen LogP contribution in [0.5, 0.6) is 0 Å². The molecule has 21 heavy (non-hydrogen) atoms. The van der Waals surface area contributed by atoms with Gasteiger partial charge in [-0.2, -0.15) is 0 Å². The molecule has 0 aliphatic rings. The number of halogens is 3. The molecule has 0 aliphatic carbocycles. The average molecular weight is 294 g/mol. The van der Waals surface area contributed by atoms with Crippen LogP contribution in [-0.4, -0.2) is 13.6 Å². The molecular weight excluding hydrogens is 277 g/mol. The molecule has 0 amide bonds. The normalized spacial score (nSPS) is 10.7. The number of hydrogen-bond acceptors (Lipinski definition) is 2. The molecule has 2 rings (SSSR count). The Morgan fingerprint density at radius 1 is 0.952 bits per heavy atom. The van der Waals surface area contributed by atoms with Crippen molar-refractivity contribution in [3.8, 4) is 0 Å². The highest BCUT2D eigenvalue weighted by Gasteiger charge is 2.15. The minimum Gasteiger partial charge on any atom is -0.366 e. The number of anilines is 1. The molecule has 0 heterocycles. The second-order valence-electron chi connectivity index (χ2n) is 4.93. The lowest BCUT2D eigenvalue weighted by Gasteiger charge is -2.21. The largest absolute Gasteiger partial charge is 0.366 e. The van der Waals surface area contributed by atoms with Gasteiger partial charge in [-0.15, -0.1) is 0 Å². The predicted molar refractivity (Wildman–Crippen MR) is 77.6 cm³/mol. The van der Waals surface area contributed by atoms with E-state index in [-0.39, 0.29) is 18.0 Å². The summed E-state index contributed by atoms with van der Waals surface area (Å²) >= 11 is 0. The van der Waals surface area contributed by atoms with Gasteiger partial charge in [0, 0.05) is 13.6 Å². The van der Waals surface area contributed by atoms with E-state index >= 15 is 0 Å². The Bertz CT molecular complexity index is 588. The Labute approximate surface area is 122 Å². The van der Waals surface area contributed by atoms with Gasteiger partial charge in [0.05, 0.1) is 0 Å². The first-order valence-electron chi connectivity index (χ1n) is 6.65. The number of benzene rings is 2. The van der Waals surface area contributed by atoms with Crippen LogP contribution in [0.3, 0.4) is 0 Å². The van der Waals surface area contributed by atoms with Gasteiger partial charge >= 0.3 is 0 Å². The molecule has 0 saturated heterocycles. The van der Waals surface area contributed by atoms with Crippen LogP contribution in [0.1, 0.15) is 11.1 Å². The van der Waals surface area contributed by atoms with Crippen molar-refractivity contribution in [1.29, 1.82) is 0 Å². The highest BCUT2D eigenvalue weighted by atomic mass is 19.1. The maximum atomic E-state index is 14.1. The van der Waals surface area contributed by atoms with Crippen molar-refractivity contribution in [3.63, 3.8) is 0 Å². The number of nitrogens with two attached hydrogens (primary N) is 1. The third-order valence-corrected chi connectivity index (χ3v) is 3.22. The quantitative estimate of drug-likeness (QED) is 0.917. The van der Waals surface area contributed by atoms with E-state index in [1.165, 1.54) is 29.2 Å². The summed E-state index contributed by atoms with van der Waals surface area (Å²) in [6, 6.07) is 8.41. The Morgan fingerprint density at radius 3 is 2.05 bits per heavy atom. The topological polar surface area (TPSA) is 29.3 Å². The highest BCUT2D eigenvalue weighted by molar-refractivity contribution is 5.50. The molecule has 0 unspecified atom stereocenters. The first-order chi connectivity index (χ1) is 10.0.